The zero-order valence-electron chi connectivity index (χ0n) is 20.2. The third-order valence-corrected chi connectivity index (χ3v) is 10.3. The molecule has 2 N–H and O–H groups in total. The smallest absolute Gasteiger partial charge is 0.267 e. The van der Waals surface area contributed by atoms with Gasteiger partial charge in [0.05, 0.1) is 10.6 Å². The summed E-state index contributed by atoms with van der Waals surface area (Å²) in [7, 11) is -4.03. The Hall–Kier alpha value is -3.45. The van der Waals surface area contributed by atoms with Crippen LogP contribution in [0.25, 0.3) is 16.5 Å². The van der Waals surface area contributed by atoms with Crippen molar-refractivity contribution in [1.29, 1.82) is 0 Å². The molecule has 0 saturated heterocycles. The van der Waals surface area contributed by atoms with Crippen molar-refractivity contribution >= 4 is 48.9 Å². The van der Waals surface area contributed by atoms with Crippen LogP contribution in [0.1, 0.15) is 15.7 Å². The summed E-state index contributed by atoms with van der Waals surface area (Å²) >= 11 is 1.16. The quantitative estimate of drug-likeness (QED) is 0.158. The highest BCUT2D eigenvalue weighted by Gasteiger charge is 2.29. The van der Waals surface area contributed by atoms with Gasteiger partial charge in [-0.05, 0) is 42.0 Å². The van der Waals surface area contributed by atoms with Crippen LogP contribution >= 0.6 is 11.3 Å². The van der Waals surface area contributed by atoms with Gasteiger partial charge in [-0.2, -0.15) is 0 Å². The standard InChI is InChI=1S/C25H27N3O6S3/c1-5-15-36(31,32)24-16-19(27(3)4)8-9-20(24)21-10-11-22(35-21)23(6-2)37(33,34)28-14-13-18(17-28)7-12-25(29)26-30/h5-14,16-17,23,30H,1-2,15H2,3-4H3,(H,26,29)/b12-7+. The largest absolute Gasteiger partial charge is 0.378 e. The number of carbonyl (C=O) groups is 1. The van der Waals surface area contributed by atoms with Crippen LogP contribution in [0.2, 0.25) is 0 Å². The van der Waals surface area contributed by atoms with Crippen molar-refractivity contribution in [3.8, 4) is 10.4 Å². The first-order valence-electron chi connectivity index (χ1n) is 10.9. The molecule has 0 fully saturated rings. The number of hydrogen-bond donors (Lipinski definition) is 2. The molecular formula is C25H27N3O6S3. The van der Waals surface area contributed by atoms with E-state index in [1.165, 1.54) is 42.2 Å². The molecule has 1 aromatic carbocycles. The highest BCUT2D eigenvalue weighted by Crippen LogP contribution is 2.39. The average Bonchev–Trinajstić information content (AvgIpc) is 3.53. The molecule has 3 rings (SSSR count). The van der Waals surface area contributed by atoms with Gasteiger partial charge in [-0.25, -0.2) is 22.3 Å². The Kier molecular flexibility index (Phi) is 8.59. The van der Waals surface area contributed by atoms with Gasteiger partial charge in [0.1, 0.15) is 5.25 Å². The summed E-state index contributed by atoms with van der Waals surface area (Å²) in [6.45, 7) is 7.26. The summed E-state index contributed by atoms with van der Waals surface area (Å²) in [6.07, 6.45) is 7.73. The third-order valence-electron chi connectivity index (χ3n) is 5.38. The maximum Gasteiger partial charge on any atom is 0.267 e. The first-order chi connectivity index (χ1) is 17.4. The van der Waals surface area contributed by atoms with Gasteiger partial charge < -0.3 is 4.90 Å². The molecule has 2 aromatic heterocycles. The molecule has 196 valence electrons. The van der Waals surface area contributed by atoms with Crippen LogP contribution in [0, 0.1) is 0 Å². The number of nitrogens with zero attached hydrogens (tertiary/aromatic N) is 2. The molecule has 12 heteroatoms. The lowest BCUT2D eigenvalue weighted by Crippen LogP contribution is -2.17. The number of thiophene rings is 1. The van der Waals surface area contributed by atoms with Crippen LogP contribution in [0.15, 0.2) is 85.1 Å². The number of rotatable bonds is 11. The number of aromatic nitrogens is 1. The fourth-order valence-electron chi connectivity index (χ4n) is 3.52. The van der Waals surface area contributed by atoms with Gasteiger partial charge in [0.25, 0.3) is 5.91 Å². The van der Waals surface area contributed by atoms with Gasteiger partial charge in [0.2, 0.25) is 10.0 Å². The van der Waals surface area contributed by atoms with E-state index in [9.17, 15) is 21.6 Å². The molecule has 0 bridgehead atoms. The summed E-state index contributed by atoms with van der Waals surface area (Å²) in [5.74, 6) is -0.984. The number of hydroxylamine groups is 1. The monoisotopic (exact) mass is 561 g/mol. The molecule has 0 aliphatic rings. The van der Waals surface area contributed by atoms with Crippen LogP contribution in [-0.4, -0.2) is 51.8 Å². The maximum atomic E-state index is 13.4. The van der Waals surface area contributed by atoms with Crippen LogP contribution in [-0.2, 0) is 24.7 Å². The fraction of sp³-hybridized carbons (Fsp3) is 0.160. The minimum absolute atomic E-state index is 0.138. The predicted octanol–water partition coefficient (Wildman–Crippen LogP) is 3.87. The highest BCUT2D eigenvalue weighted by molar-refractivity contribution is 7.91. The highest BCUT2D eigenvalue weighted by atomic mass is 32.2. The molecule has 0 aliphatic heterocycles. The van der Waals surface area contributed by atoms with Crippen molar-refractivity contribution in [3.05, 3.63) is 90.6 Å². The van der Waals surface area contributed by atoms with E-state index in [2.05, 4.69) is 13.2 Å². The normalized spacial score (nSPS) is 12.8. The van der Waals surface area contributed by atoms with E-state index in [0.717, 1.165) is 21.4 Å². The molecule has 2 heterocycles. The number of amides is 1. The van der Waals surface area contributed by atoms with Crippen molar-refractivity contribution in [2.45, 2.75) is 10.1 Å². The first-order valence-corrected chi connectivity index (χ1v) is 14.8. The lowest BCUT2D eigenvalue weighted by molar-refractivity contribution is -0.124. The summed E-state index contributed by atoms with van der Waals surface area (Å²) in [5, 5.41) is 7.48. The molecule has 1 unspecified atom stereocenters. The topological polar surface area (TPSA) is 126 Å². The number of nitrogens with one attached hydrogen (secondary N) is 1. The molecule has 9 nitrogen and oxygen atoms in total. The zero-order chi connectivity index (χ0) is 27.4. The van der Waals surface area contributed by atoms with E-state index < -0.39 is 31.0 Å². The number of benzene rings is 1. The van der Waals surface area contributed by atoms with E-state index >= 15 is 0 Å². The van der Waals surface area contributed by atoms with Crippen LogP contribution < -0.4 is 10.4 Å². The lowest BCUT2D eigenvalue weighted by atomic mass is 10.1. The van der Waals surface area contributed by atoms with Crippen LogP contribution in [0.3, 0.4) is 0 Å². The Morgan fingerprint density at radius 3 is 2.51 bits per heavy atom. The second kappa shape index (κ2) is 11.3. The van der Waals surface area contributed by atoms with Crippen molar-refractivity contribution < 1.29 is 26.8 Å². The van der Waals surface area contributed by atoms with Crippen molar-refractivity contribution in [2.75, 3.05) is 24.7 Å². The summed E-state index contributed by atoms with van der Waals surface area (Å²) < 4.78 is 53.8. The molecule has 1 amide bonds. The number of carbonyl (C=O) groups excluding carboxylic acids is 1. The average molecular weight is 562 g/mol. The molecular weight excluding hydrogens is 534 g/mol. The Balaban J connectivity index is 2.02. The van der Waals surface area contributed by atoms with Crippen molar-refractivity contribution in [2.24, 2.45) is 0 Å². The van der Waals surface area contributed by atoms with Gasteiger partial charge >= 0.3 is 0 Å². The zero-order valence-corrected chi connectivity index (χ0v) is 22.7. The van der Waals surface area contributed by atoms with E-state index in [1.807, 2.05) is 14.1 Å². The molecule has 1 atom stereocenters. The molecule has 37 heavy (non-hydrogen) atoms. The predicted molar refractivity (Wildman–Crippen MR) is 147 cm³/mol. The molecule has 0 radical (unpaired) electrons. The SMILES string of the molecule is C=CCS(=O)(=O)c1cc(N(C)C)ccc1-c1ccc(C(C=C)S(=O)(=O)n2ccc(/C=C/C(=O)NO)c2)s1. The number of sulfone groups is 1. The van der Waals surface area contributed by atoms with E-state index in [4.69, 9.17) is 5.21 Å². The molecule has 0 spiro atoms. The van der Waals surface area contributed by atoms with Gasteiger partial charge in [-0.3, -0.25) is 14.0 Å². The minimum Gasteiger partial charge on any atom is -0.378 e. The van der Waals surface area contributed by atoms with Gasteiger partial charge in [-0.1, -0.05) is 18.2 Å². The summed E-state index contributed by atoms with van der Waals surface area (Å²) in [6, 6.07) is 9.95. The number of hydrogen-bond acceptors (Lipinski definition) is 8. The maximum absolute atomic E-state index is 13.4. The van der Waals surface area contributed by atoms with Gasteiger partial charge in [-0.15, -0.1) is 24.5 Å². The molecule has 0 aliphatic carbocycles. The summed E-state index contributed by atoms with van der Waals surface area (Å²) in [5.41, 5.74) is 3.07. The van der Waals surface area contributed by atoms with Gasteiger partial charge in [0, 0.05) is 53.6 Å². The fourth-order valence-corrected chi connectivity index (χ4v) is 7.80. The van der Waals surface area contributed by atoms with E-state index in [0.29, 0.717) is 26.6 Å². The molecule has 3 aromatic rings. The Morgan fingerprint density at radius 1 is 1.16 bits per heavy atom. The Labute approximate surface area is 220 Å². The number of anilines is 1. The third kappa shape index (κ3) is 6.10. The Morgan fingerprint density at radius 2 is 1.89 bits per heavy atom. The van der Waals surface area contributed by atoms with Gasteiger partial charge in [0.15, 0.2) is 9.84 Å². The first kappa shape index (κ1) is 28.1. The van der Waals surface area contributed by atoms with Crippen molar-refractivity contribution in [1.82, 2.24) is 9.45 Å². The van der Waals surface area contributed by atoms with E-state index in [-0.39, 0.29) is 10.6 Å². The Bertz CT molecular complexity index is 1560. The van der Waals surface area contributed by atoms with Crippen LogP contribution in [0.5, 0.6) is 0 Å². The second-order valence-corrected chi connectivity index (χ2v) is 13.2. The van der Waals surface area contributed by atoms with Crippen LogP contribution in [0.4, 0.5) is 5.69 Å². The molecule has 0 saturated carbocycles. The van der Waals surface area contributed by atoms with Crippen molar-refractivity contribution in [3.63, 3.8) is 0 Å². The van der Waals surface area contributed by atoms with E-state index in [1.54, 1.807) is 35.2 Å². The minimum atomic E-state index is -3.97. The second-order valence-electron chi connectivity index (χ2n) is 8.13. The summed E-state index contributed by atoms with van der Waals surface area (Å²) in [4.78, 5) is 14.2. The lowest BCUT2D eigenvalue weighted by Gasteiger charge is -2.16.